The molecule has 0 amide bonds. The number of anilines is 2. The predicted octanol–water partition coefficient (Wildman–Crippen LogP) is 4.12. The number of nitrogens with zero attached hydrogens (tertiary/aromatic N) is 3. The lowest BCUT2D eigenvalue weighted by Crippen LogP contribution is -2.36. The van der Waals surface area contributed by atoms with Gasteiger partial charge in [-0.05, 0) is 39.1 Å². The SMILES string of the molecule is CCC1(CN(C)C)CCN(c2cc(F)c(S(=O)(=O)Nc3cccc(F)n3)c(F)c2Cl)C1. The molecule has 11 heteroatoms. The molecule has 0 aliphatic carbocycles. The van der Waals surface area contributed by atoms with Crippen molar-refractivity contribution in [1.29, 1.82) is 0 Å². The van der Waals surface area contributed by atoms with Crippen LogP contribution in [0.25, 0.3) is 0 Å². The summed E-state index contributed by atoms with van der Waals surface area (Å²) in [4.78, 5) is 5.96. The summed E-state index contributed by atoms with van der Waals surface area (Å²) < 4.78 is 70.2. The lowest BCUT2D eigenvalue weighted by molar-refractivity contribution is 0.212. The van der Waals surface area contributed by atoms with Crippen molar-refractivity contribution in [2.75, 3.05) is 43.4 Å². The van der Waals surface area contributed by atoms with Gasteiger partial charge in [-0.25, -0.2) is 22.2 Å². The number of sulfonamides is 1. The first-order valence-corrected chi connectivity index (χ1v) is 11.6. The minimum atomic E-state index is -4.74. The Kier molecular flexibility index (Phi) is 6.73. The van der Waals surface area contributed by atoms with Gasteiger partial charge >= 0.3 is 0 Å². The van der Waals surface area contributed by atoms with Crippen LogP contribution in [0.15, 0.2) is 29.2 Å². The summed E-state index contributed by atoms with van der Waals surface area (Å²) in [6.07, 6.45) is 1.69. The van der Waals surface area contributed by atoms with Crippen LogP contribution in [0.2, 0.25) is 5.02 Å². The van der Waals surface area contributed by atoms with Crippen LogP contribution < -0.4 is 9.62 Å². The molecular weight excluding hydrogens is 453 g/mol. The van der Waals surface area contributed by atoms with Crippen LogP contribution in [0.5, 0.6) is 0 Å². The molecule has 170 valence electrons. The zero-order valence-electron chi connectivity index (χ0n) is 17.4. The van der Waals surface area contributed by atoms with Crippen molar-refractivity contribution in [3.63, 3.8) is 0 Å². The molecule has 6 nitrogen and oxygen atoms in total. The highest BCUT2D eigenvalue weighted by Crippen LogP contribution is 2.41. The topological polar surface area (TPSA) is 65.5 Å². The van der Waals surface area contributed by atoms with E-state index in [-0.39, 0.29) is 11.1 Å². The summed E-state index contributed by atoms with van der Waals surface area (Å²) in [6.45, 7) is 3.95. The Bertz CT molecular complexity index is 1080. The predicted molar refractivity (Wildman–Crippen MR) is 114 cm³/mol. The third kappa shape index (κ3) is 4.91. The van der Waals surface area contributed by atoms with E-state index < -0.39 is 43.3 Å². The number of aromatic nitrogens is 1. The third-order valence-corrected chi connectivity index (χ3v) is 7.25. The molecule has 1 aliphatic heterocycles. The first-order valence-electron chi connectivity index (χ1n) is 9.70. The molecule has 1 aliphatic rings. The molecule has 1 fully saturated rings. The van der Waals surface area contributed by atoms with E-state index >= 15 is 4.39 Å². The highest BCUT2D eigenvalue weighted by Gasteiger charge is 2.39. The lowest BCUT2D eigenvalue weighted by Gasteiger charge is -2.31. The Morgan fingerprint density at radius 3 is 2.61 bits per heavy atom. The van der Waals surface area contributed by atoms with Crippen molar-refractivity contribution in [1.82, 2.24) is 9.88 Å². The second-order valence-corrected chi connectivity index (χ2v) is 10.0. The number of pyridine rings is 1. The summed E-state index contributed by atoms with van der Waals surface area (Å²) >= 11 is 6.17. The fraction of sp³-hybridized carbons (Fsp3) is 0.450. The Balaban J connectivity index is 1.94. The normalized spacial score (nSPS) is 19.3. The van der Waals surface area contributed by atoms with Gasteiger partial charge in [-0.3, -0.25) is 4.72 Å². The van der Waals surface area contributed by atoms with E-state index in [1.165, 1.54) is 6.07 Å². The van der Waals surface area contributed by atoms with Gasteiger partial charge in [0.05, 0.1) is 5.69 Å². The Morgan fingerprint density at radius 2 is 2.00 bits per heavy atom. The van der Waals surface area contributed by atoms with Gasteiger partial charge in [0.2, 0.25) is 5.95 Å². The highest BCUT2D eigenvalue weighted by molar-refractivity contribution is 7.92. The van der Waals surface area contributed by atoms with Crippen molar-refractivity contribution < 1.29 is 21.6 Å². The van der Waals surface area contributed by atoms with E-state index in [0.29, 0.717) is 13.1 Å². The summed E-state index contributed by atoms with van der Waals surface area (Å²) in [5.74, 6) is -4.04. The molecular formula is C20H24ClF3N4O2S. The van der Waals surface area contributed by atoms with Crippen molar-refractivity contribution >= 4 is 33.1 Å². The quantitative estimate of drug-likeness (QED) is 0.481. The van der Waals surface area contributed by atoms with Gasteiger partial charge in [0, 0.05) is 31.1 Å². The number of hydrogen-bond donors (Lipinski definition) is 1. The third-order valence-electron chi connectivity index (χ3n) is 5.50. The highest BCUT2D eigenvalue weighted by atomic mass is 35.5. The van der Waals surface area contributed by atoms with Crippen LogP contribution in [0.4, 0.5) is 24.7 Å². The number of benzene rings is 1. The first-order chi connectivity index (χ1) is 14.5. The maximum atomic E-state index is 15.0. The van der Waals surface area contributed by atoms with Crippen molar-refractivity contribution in [2.45, 2.75) is 24.7 Å². The fourth-order valence-electron chi connectivity index (χ4n) is 4.04. The molecule has 3 rings (SSSR count). The molecule has 2 aromatic rings. The number of halogens is 4. The minimum absolute atomic E-state index is 0.0604. The van der Waals surface area contributed by atoms with Gasteiger partial charge in [-0.2, -0.15) is 4.39 Å². The van der Waals surface area contributed by atoms with E-state index in [9.17, 15) is 17.2 Å². The molecule has 1 N–H and O–H groups in total. The monoisotopic (exact) mass is 476 g/mol. The van der Waals surface area contributed by atoms with Gasteiger partial charge in [0.25, 0.3) is 10.0 Å². The van der Waals surface area contributed by atoms with Crippen molar-refractivity contribution in [3.05, 3.63) is 46.9 Å². The molecule has 0 saturated carbocycles. The van der Waals surface area contributed by atoms with Crippen LogP contribution in [-0.2, 0) is 10.0 Å². The number of nitrogens with one attached hydrogen (secondary N) is 1. The number of hydrogen-bond acceptors (Lipinski definition) is 5. The van der Waals surface area contributed by atoms with E-state index in [0.717, 1.165) is 37.6 Å². The van der Waals surface area contributed by atoms with Gasteiger partial charge in [0.1, 0.15) is 16.7 Å². The van der Waals surface area contributed by atoms with Crippen LogP contribution in [-0.4, -0.2) is 52.0 Å². The van der Waals surface area contributed by atoms with Crippen LogP contribution in [0.1, 0.15) is 19.8 Å². The molecule has 31 heavy (non-hydrogen) atoms. The average Bonchev–Trinajstić information content (AvgIpc) is 3.07. The summed E-state index contributed by atoms with van der Waals surface area (Å²) in [5, 5.41) is -0.481. The summed E-state index contributed by atoms with van der Waals surface area (Å²) in [7, 11) is -0.807. The maximum absolute atomic E-state index is 15.0. The molecule has 1 saturated heterocycles. The van der Waals surface area contributed by atoms with Crippen LogP contribution >= 0.6 is 11.6 Å². The largest absolute Gasteiger partial charge is 0.370 e. The Morgan fingerprint density at radius 1 is 1.29 bits per heavy atom. The first kappa shape index (κ1) is 23.6. The lowest BCUT2D eigenvalue weighted by atomic mass is 9.84. The zero-order valence-corrected chi connectivity index (χ0v) is 19.0. The maximum Gasteiger partial charge on any atom is 0.268 e. The van der Waals surface area contributed by atoms with Crippen LogP contribution in [0.3, 0.4) is 0 Å². The van der Waals surface area contributed by atoms with E-state index in [1.54, 1.807) is 4.90 Å². The summed E-state index contributed by atoms with van der Waals surface area (Å²) in [6, 6.07) is 4.31. The molecule has 1 atom stereocenters. The smallest absolute Gasteiger partial charge is 0.268 e. The van der Waals surface area contributed by atoms with Crippen molar-refractivity contribution in [3.8, 4) is 0 Å². The van der Waals surface area contributed by atoms with E-state index in [4.69, 9.17) is 11.6 Å². The second-order valence-electron chi connectivity index (χ2n) is 8.05. The Labute approximate surface area is 185 Å². The molecule has 1 aromatic heterocycles. The molecule has 0 radical (unpaired) electrons. The Hall–Kier alpha value is -2.04. The molecule has 1 unspecified atom stereocenters. The molecule has 0 spiro atoms. The summed E-state index contributed by atoms with van der Waals surface area (Å²) in [5.41, 5.74) is 0.0448. The minimum Gasteiger partial charge on any atom is -0.370 e. The fourth-order valence-corrected chi connectivity index (χ4v) is 5.51. The van der Waals surface area contributed by atoms with E-state index in [2.05, 4.69) is 16.8 Å². The molecule has 0 bridgehead atoms. The molecule has 1 aromatic carbocycles. The van der Waals surface area contributed by atoms with Crippen LogP contribution in [0, 0.1) is 23.0 Å². The number of rotatable bonds is 7. The zero-order chi connectivity index (χ0) is 23.0. The van der Waals surface area contributed by atoms with Gasteiger partial charge in [-0.15, -0.1) is 0 Å². The average molecular weight is 477 g/mol. The molecule has 2 heterocycles. The van der Waals surface area contributed by atoms with Crippen molar-refractivity contribution in [2.24, 2.45) is 5.41 Å². The standard InChI is InChI=1S/C20H24ClF3N4O2S/c1-4-20(11-27(2)3)8-9-28(12-20)14-10-13(22)19(18(24)17(14)21)31(29,30)26-16-7-5-6-15(23)25-16/h5-7,10H,4,8-9,11-12H2,1-3H3,(H,25,26). The van der Waals surface area contributed by atoms with Gasteiger partial charge in [-0.1, -0.05) is 24.6 Å². The van der Waals surface area contributed by atoms with Gasteiger partial charge < -0.3 is 9.80 Å². The van der Waals surface area contributed by atoms with Gasteiger partial charge in [0.15, 0.2) is 10.7 Å². The van der Waals surface area contributed by atoms with E-state index in [1.807, 2.05) is 18.8 Å². The second kappa shape index (κ2) is 8.84.